The highest BCUT2D eigenvalue weighted by atomic mass is 16.4. The number of unbranched alkanes of at least 4 members (excludes halogenated alkanes) is 2. The van der Waals surface area contributed by atoms with Gasteiger partial charge in [-0.2, -0.15) is 0 Å². The zero-order valence-electron chi connectivity index (χ0n) is 17.5. The van der Waals surface area contributed by atoms with E-state index < -0.39 is 5.97 Å². The van der Waals surface area contributed by atoms with Gasteiger partial charge in [0.1, 0.15) is 0 Å². The normalized spacial score (nSPS) is 28.2. The lowest BCUT2D eigenvalue weighted by Crippen LogP contribution is -2.26. The summed E-state index contributed by atoms with van der Waals surface area (Å²) in [6.07, 6.45) is 16.1. The number of carbonyl (C=O) groups is 1. The number of anilines is 2. The van der Waals surface area contributed by atoms with Crippen LogP contribution in [0.15, 0.2) is 12.1 Å². The Hall–Kier alpha value is -1.71. The Bertz CT molecular complexity index is 634. The number of rotatable bonds is 7. The van der Waals surface area contributed by atoms with Crippen LogP contribution in [0.5, 0.6) is 0 Å². The van der Waals surface area contributed by atoms with E-state index in [0.717, 1.165) is 36.2 Å². The van der Waals surface area contributed by atoms with Crippen LogP contribution in [0.2, 0.25) is 0 Å². The molecule has 156 valence electrons. The first-order chi connectivity index (χ1) is 13.5. The molecule has 1 aromatic carbocycles. The van der Waals surface area contributed by atoms with Gasteiger partial charge in [-0.05, 0) is 74.3 Å². The van der Waals surface area contributed by atoms with Crippen LogP contribution in [-0.4, -0.2) is 11.1 Å². The zero-order chi connectivity index (χ0) is 20.1. The maximum Gasteiger partial charge on any atom is 0.335 e. The van der Waals surface area contributed by atoms with Crippen molar-refractivity contribution >= 4 is 17.3 Å². The monoisotopic (exact) mass is 386 g/mol. The van der Waals surface area contributed by atoms with Gasteiger partial charge in [0.05, 0.1) is 5.56 Å². The summed E-state index contributed by atoms with van der Waals surface area (Å²) in [7, 11) is 0. The quantitative estimate of drug-likeness (QED) is 0.384. The van der Waals surface area contributed by atoms with Crippen molar-refractivity contribution in [3.8, 4) is 0 Å². The van der Waals surface area contributed by atoms with E-state index in [2.05, 4.69) is 6.92 Å². The van der Waals surface area contributed by atoms with Crippen molar-refractivity contribution in [3.05, 3.63) is 23.3 Å². The third-order valence-corrected chi connectivity index (χ3v) is 7.45. The van der Waals surface area contributed by atoms with Crippen LogP contribution in [0.4, 0.5) is 11.4 Å². The third kappa shape index (κ3) is 5.01. The maximum absolute atomic E-state index is 11.2. The summed E-state index contributed by atoms with van der Waals surface area (Å²) in [6.45, 7) is 2.29. The molecule has 0 saturated heterocycles. The number of hydrogen-bond acceptors (Lipinski definition) is 3. The van der Waals surface area contributed by atoms with Crippen LogP contribution >= 0.6 is 0 Å². The van der Waals surface area contributed by atoms with Gasteiger partial charge < -0.3 is 16.6 Å². The summed E-state index contributed by atoms with van der Waals surface area (Å²) in [4.78, 5) is 11.2. The molecule has 4 heteroatoms. The van der Waals surface area contributed by atoms with Crippen molar-refractivity contribution < 1.29 is 9.90 Å². The number of carboxylic acid groups (broad SMARTS) is 1. The molecule has 0 heterocycles. The van der Waals surface area contributed by atoms with Crippen LogP contribution in [0.3, 0.4) is 0 Å². The van der Waals surface area contributed by atoms with E-state index in [1.807, 2.05) is 0 Å². The fourth-order valence-corrected chi connectivity index (χ4v) is 5.80. The van der Waals surface area contributed by atoms with Crippen molar-refractivity contribution in [1.29, 1.82) is 0 Å². The Labute approximate surface area is 170 Å². The molecule has 28 heavy (non-hydrogen) atoms. The van der Waals surface area contributed by atoms with Gasteiger partial charge in [-0.1, -0.05) is 45.4 Å². The van der Waals surface area contributed by atoms with Crippen molar-refractivity contribution in [2.45, 2.75) is 89.9 Å². The lowest BCUT2D eigenvalue weighted by molar-refractivity contribution is 0.0697. The molecular formula is C24H38N2O2. The molecule has 0 unspecified atom stereocenters. The summed E-state index contributed by atoms with van der Waals surface area (Å²) >= 11 is 0. The van der Waals surface area contributed by atoms with Gasteiger partial charge in [0, 0.05) is 16.9 Å². The predicted octanol–water partition coefficient (Wildman–Crippen LogP) is 6.21. The van der Waals surface area contributed by atoms with Gasteiger partial charge in [-0.15, -0.1) is 0 Å². The van der Waals surface area contributed by atoms with E-state index in [-0.39, 0.29) is 5.56 Å². The highest BCUT2D eigenvalue weighted by Gasteiger charge is 2.32. The Morgan fingerprint density at radius 2 is 1.46 bits per heavy atom. The van der Waals surface area contributed by atoms with Crippen molar-refractivity contribution in [1.82, 2.24) is 0 Å². The Morgan fingerprint density at radius 3 is 1.96 bits per heavy atom. The molecular weight excluding hydrogens is 348 g/mol. The van der Waals surface area contributed by atoms with Gasteiger partial charge in [0.2, 0.25) is 0 Å². The molecule has 1 aromatic rings. The summed E-state index contributed by atoms with van der Waals surface area (Å²) in [5.74, 6) is 2.15. The number of hydrogen-bond donors (Lipinski definition) is 3. The summed E-state index contributed by atoms with van der Waals surface area (Å²) in [5.41, 5.74) is 14.7. The SMILES string of the molecule is CCCCCC1CCC(C2CCC(c3c(N)cc(C(=O)O)cc3N)CC2)CC1. The van der Waals surface area contributed by atoms with Gasteiger partial charge in [0.15, 0.2) is 0 Å². The number of carboxylic acids is 1. The number of nitrogens with two attached hydrogens (primary N) is 2. The average molecular weight is 387 g/mol. The van der Waals surface area contributed by atoms with Gasteiger partial charge in [0.25, 0.3) is 0 Å². The Kier molecular flexibility index (Phi) is 7.25. The average Bonchev–Trinajstić information content (AvgIpc) is 2.69. The second-order valence-corrected chi connectivity index (χ2v) is 9.26. The lowest BCUT2D eigenvalue weighted by Gasteiger charge is -2.38. The molecule has 0 aromatic heterocycles. The van der Waals surface area contributed by atoms with Crippen LogP contribution in [-0.2, 0) is 0 Å². The van der Waals surface area contributed by atoms with E-state index in [0.29, 0.717) is 17.3 Å². The molecule has 0 amide bonds. The summed E-state index contributed by atoms with van der Waals surface area (Å²) < 4.78 is 0. The molecule has 2 fully saturated rings. The van der Waals surface area contributed by atoms with Crippen molar-refractivity contribution in [2.24, 2.45) is 17.8 Å². The molecule has 3 rings (SSSR count). The minimum Gasteiger partial charge on any atom is -0.478 e. The van der Waals surface area contributed by atoms with E-state index in [4.69, 9.17) is 11.5 Å². The molecule has 0 atom stereocenters. The van der Waals surface area contributed by atoms with E-state index in [1.54, 1.807) is 12.1 Å². The van der Waals surface area contributed by atoms with Crippen LogP contribution in [0.1, 0.15) is 106 Å². The first-order valence-corrected chi connectivity index (χ1v) is 11.4. The molecule has 0 bridgehead atoms. The van der Waals surface area contributed by atoms with Crippen LogP contribution in [0, 0.1) is 17.8 Å². The standard InChI is InChI=1S/C24H38N2O2/c1-2-3-4-5-16-6-8-17(9-7-16)18-10-12-19(13-11-18)23-21(25)14-20(24(27)28)15-22(23)26/h14-19H,2-13,25-26H2,1H3,(H,27,28). The first-order valence-electron chi connectivity index (χ1n) is 11.4. The topological polar surface area (TPSA) is 89.3 Å². The van der Waals surface area contributed by atoms with Crippen molar-refractivity contribution in [2.75, 3.05) is 11.5 Å². The van der Waals surface area contributed by atoms with Crippen molar-refractivity contribution in [3.63, 3.8) is 0 Å². The minimum atomic E-state index is -0.973. The molecule has 2 aliphatic rings. The fourth-order valence-electron chi connectivity index (χ4n) is 5.80. The molecule has 0 spiro atoms. The molecule has 2 saturated carbocycles. The van der Waals surface area contributed by atoms with Gasteiger partial charge in [-0.3, -0.25) is 0 Å². The molecule has 2 aliphatic carbocycles. The minimum absolute atomic E-state index is 0.183. The smallest absolute Gasteiger partial charge is 0.335 e. The molecule has 0 aliphatic heterocycles. The first kappa shape index (κ1) is 21.0. The fraction of sp³-hybridized carbons (Fsp3) is 0.708. The Morgan fingerprint density at radius 1 is 0.929 bits per heavy atom. The van der Waals surface area contributed by atoms with Crippen LogP contribution in [0.25, 0.3) is 0 Å². The number of nitrogen functional groups attached to an aromatic ring is 2. The third-order valence-electron chi connectivity index (χ3n) is 7.45. The van der Waals surface area contributed by atoms with Gasteiger partial charge in [-0.25, -0.2) is 4.79 Å². The Balaban J connectivity index is 1.51. The molecule has 4 nitrogen and oxygen atoms in total. The molecule has 0 radical (unpaired) electrons. The van der Waals surface area contributed by atoms with Gasteiger partial charge >= 0.3 is 5.97 Å². The summed E-state index contributed by atoms with van der Waals surface area (Å²) in [5, 5.41) is 9.18. The number of benzene rings is 1. The summed E-state index contributed by atoms with van der Waals surface area (Å²) in [6, 6.07) is 3.14. The lowest BCUT2D eigenvalue weighted by atomic mass is 9.67. The zero-order valence-corrected chi connectivity index (χ0v) is 17.5. The maximum atomic E-state index is 11.2. The second kappa shape index (κ2) is 9.67. The van der Waals surface area contributed by atoms with E-state index in [9.17, 15) is 9.90 Å². The predicted molar refractivity (Wildman–Crippen MR) is 117 cm³/mol. The largest absolute Gasteiger partial charge is 0.478 e. The second-order valence-electron chi connectivity index (χ2n) is 9.26. The highest BCUT2D eigenvalue weighted by molar-refractivity contribution is 5.91. The molecule has 5 N–H and O–H groups in total. The van der Waals surface area contributed by atoms with Crippen LogP contribution < -0.4 is 11.5 Å². The highest BCUT2D eigenvalue weighted by Crippen LogP contribution is 2.46. The number of aromatic carboxylic acids is 1. The van der Waals surface area contributed by atoms with E-state index in [1.165, 1.54) is 64.2 Å². The van der Waals surface area contributed by atoms with E-state index >= 15 is 0 Å².